The van der Waals surface area contributed by atoms with E-state index in [-0.39, 0.29) is 17.4 Å². The first-order valence-corrected chi connectivity index (χ1v) is 6.68. The summed E-state index contributed by atoms with van der Waals surface area (Å²) in [5.74, 6) is 0.248. The highest BCUT2D eigenvalue weighted by Crippen LogP contribution is 2.27. The third-order valence-electron chi connectivity index (χ3n) is 2.54. The summed E-state index contributed by atoms with van der Waals surface area (Å²) in [7, 11) is 1.58. The Morgan fingerprint density at radius 3 is 2.74 bits per heavy atom. The van der Waals surface area contributed by atoms with Gasteiger partial charge in [-0.05, 0) is 30.3 Å². The van der Waals surface area contributed by atoms with E-state index < -0.39 is 5.82 Å². The van der Waals surface area contributed by atoms with Crippen molar-refractivity contribution in [2.45, 2.75) is 6.61 Å². The molecule has 0 amide bonds. The second-order valence-electron chi connectivity index (χ2n) is 3.80. The van der Waals surface area contributed by atoms with Gasteiger partial charge in [0.05, 0.1) is 12.1 Å². The summed E-state index contributed by atoms with van der Waals surface area (Å²) >= 11 is 9.06. The van der Waals surface area contributed by atoms with Gasteiger partial charge in [0, 0.05) is 10.0 Å². The van der Waals surface area contributed by atoms with E-state index in [2.05, 4.69) is 15.9 Å². The number of rotatable bonds is 4. The summed E-state index contributed by atoms with van der Waals surface area (Å²) in [6.07, 6.45) is 0. The van der Waals surface area contributed by atoms with E-state index in [0.29, 0.717) is 5.75 Å². The first kappa shape index (κ1) is 14.2. The molecule has 5 heteroatoms. The van der Waals surface area contributed by atoms with Gasteiger partial charge in [0.25, 0.3) is 0 Å². The third-order valence-corrected chi connectivity index (χ3v) is 3.33. The normalized spacial score (nSPS) is 10.3. The molecule has 100 valence electrons. The summed E-state index contributed by atoms with van der Waals surface area (Å²) in [5.41, 5.74) is 0.816. The molecule has 0 radical (unpaired) electrons. The van der Waals surface area contributed by atoms with Gasteiger partial charge in [-0.3, -0.25) is 0 Å². The zero-order chi connectivity index (χ0) is 13.8. The van der Waals surface area contributed by atoms with Gasteiger partial charge >= 0.3 is 0 Å². The summed E-state index contributed by atoms with van der Waals surface area (Å²) in [5, 5.41) is 0.0405. The molecule has 0 aliphatic rings. The lowest BCUT2D eigenvalue weighted by molar-refractivity contribution is 0.282. The highest BCUT2D eigenvalue weighted by atomic mass is 79.9. The molecule has 2 aromatic rings. The van der Waals surface area contributed by atoms with Crippen molar-refractivity contribution in [2.24, 2.45) is 0 Å². The van der Waals surface area contributed by atoms with E-state index in [9.17, 15) is 4.39 Å². The second kappa shape index (κ2) is 6.26. The molecule has 0 N–H and O–H groups in total. The van der Waals surface area contributed by atoms with E-state index in [4.69, 9.17) is 21.1 Å². The predicted molar refractivity (Wildman–Crippen MR) is 76.4 cm³/mol. The minimum atomic E-state index is -0.557. The number of methoxy groups -OCH3 is 1. The van der Waals surface area contributed by atoms with Gasteiger partial charge in [-0.1, -0.05) is 33.6 Å². The van der Waals surface area contributed by atoms with Crippen LogP contribution in [0.15, 0.2) is 40.9 Å². The van der Waals surface area contributed by atoms with Gasteiger partial charge in [-0.15, -0.1) is 0 Å². The molecule has 19 heavy (non-hydrogen) atoms. The molecule has 0 aliphatic heterocycles. The molecule has 2 aromatic carbocycles. The van der Waals surface area contributed by atoms with Crippen LogP contribution in [0.1, 0.15) is 5.56 Å². The minimum Gasteiger partial charge on any atom is -0.496 e. The first-order valence-electron chi connectivity index (χ1n) is 5.51. The van der Waals surface area contributed by atoms with E-state index in [1.54, 1.807) is 13.2 Å². The van der Waals surface area contributed by atoms with E-state index >= 15 is 0 Å². The van der Waals surface area contributed by atoms with Crippen molar-refractivity contribution in [3.63, 3.8) is 0 Å². The van der Waals surface area contributed by atoms with Gasteiger partial charge in [0.1, 0.15) is 12.4 Å². The Balaban J connectivity index is 2.18. The van der Waals surface area contributed by atoms with Crippen molar-refractivity contribution >= 4 is 27.5 Å². The number of ether oxygens (including phenoxy) is 2. The van der Waals surface area contributed by atoms with Crippen LogP contribution in [0.25, 0.3) is 0 Å². The van der Waals surface area contributed by atoms with Crippen molar-refractivity contribution < 1.29 is 13.9 Å². The Morgan fingerprint density at radius 1 is 1.21 bits per heavy atom. The molecule has 2 nitrogen and oxygen atoms in total. The second-order valence-corrected chi connectivity index (χ2v) is 5.12. The van der Waals surface area contributed by atoms with Crippen molar-refractivity contribution in [2.75, 3.05) is 7.11 Å². The number of halogens is 3. The molecule has 0 atom stereocenters. The molecule has 2 rings (SSSR count). The standard InChI is InChI=1S/C14H11BrClFO2/c1-18-12-6-5-10(15)7-9(12)8-19-13-4-2-3-11(16)14(13)17/h2-7H,8H2,1H3. The topological polar surface area (TPSA) is 18.5 Å². The Labute approximate surface area is 124 Å². The molecule has 0 fully saturated rings. The van der Waals surface area contributed by atoms with Gasteiger partial charge in [-0.2, -0.15) is 0 Å². The van der Waals surface area contributed by atoms with Crippen molar-refractivity contribution in [1.29, 1.82) is 0 Å². The molecule has 0 aliphatic carbocycles. The van der Waals surface area contributed by atoms with Gasteiger partial charge < -0.3 is 9.47 Å². The van der Waals surface area contributed by atoms with Crippen LogP contribution in [0, 0.1) is 5.82 Å². The number of hydrogen-bond acceptors (Lipinski definition) is 2. The summed E-state index contributed by atoms with van der Waals surface area (Å²) < 4.78 is 25.2. The molecule has 0 spiro atoms. The fourth-order valence-electron chi connectivity index (χ4n) is 1.61. The van der Waals surface area contributed by atoms with Gasteiger partial charge in [-0.25, -0.2) is 4.39 Å². The molecular weight excluding hydrogens is 335 g/mol. The maximum Gasteiger partial charge on any atom is 0.183 e. The monoisotopic (exact) mass is 344 g/mol. The van der Waals surface area contributed by atoms with Crippen LogP contribution in [-0.4, -0.2) is 7.11 Å². The molecule has 0 bridgehead atoms. The molecule has 0 heterocycles. The van der Waals surface area contributed by atoms with Crippen LogP contribution in [0.2, 0.25) is 5.02 Å². The van der Waals surface area contributed by atoms with Gasteiger partial charge in [0.15, 0.2) is 11.6 Å². The molecule has 0 saturated heterocycles. The lowest BCUT2D eigenvalue weighted by Gasteiger charge is -2.11. The van der Waals surface area contributed by atoms with Crippen LogP contribution < -0.4 is 9.47 Å². The quantitative estimate of drug-likeness (QED) is 0.790. The Morgan fingerprint density at radius 2 is 2.00 bits per heavy atom. The zero-order valence-corrected chi connectivity index (χ0v) is 12.5. The summed E-state index contributed by atoms with van der Waals surface area (Å²) in [6, 6.07) is 10.2. The van der Waals surface area contributed by atoms with Crippen LogP contribution in [0.5, 0.6) is 11.5 Å². The average molecular weight is 346 g/mol. The number of hydrogen-bond donors (Lipinski definition) is 0. The average Bonchev–Trinajstić information content (AvgIpc) is 2.40. The maximum absolute atomic E-state index is 13.7. The highest BCUT2D eigenvalue weighted by molar-refractivity contribution is 9.10. The fourth-order valence-corrected chi connectivity index (χ4v) is 2.19. The molecule has 0 aromatic heterocycles. The smallest absolute Gasteiger partial charge is 0.183 e. The molecule has 0 saturated carbocycles. The largest absolute Gasteiger partial charge is 0.496 e. The molecule has 0 unspecified atom stereocenters. The Hall–Kier alpha value is -1.26. The van der Waals surface area contributed by atoms with Gasteiger partial charge in [0.2, 0.25) is 0 Å². The van der Waals surface area contributed by atoms with Crippen molar-refractivity contribution in [3.05, 3.63) is 57.3 Å². The third kappa shape index (κ3) is 3.39. The predicted octanol–water partition coefficient (Wildman–Crippen LogP) is 4.83. The van der Waals surface area contributed by atoms with Crippen LogP contribution in [0.4, 0.5) is 4.39 Å². The van der Waals surface area contributed by atoms with E-state index in [0.717, 1.165) is 10.0 Å². The fraction of sp³-hybridized carbons (Fsp3) is 0.143. The maximum atomic E-state index is 13.7. The SMILES string of the molecule is COc1ccc(Br)cc1COc1cccc(Cl)c1F. The van der Waals surface area contributed by atoms with Crippen molar-refractivity contribution in [3.8, 4) is 11.5 Å². The summed E-state index contributed by atoms with van der Waals surface area (Å²) in [6.45, 7) is 0.194. The van der Waals surface area contributed by atoms with Crippen molar-refractivity contribution in [1.82, 2.24) is 0 Å². The van der Waals surface area contributed by atoms with Crippen LogP contribution >= 0.6 is 27.5 Å². The summed E-state index contributed by atoms with van der Waals surface area (Å²) in [4.78, 5) is 0. The lowest BCUT2D eigenvalue weighted by Crippen LogP contribution is -2.00. The van der Waals surface area contributed by atoms with Crippen LogP contribution in [0.3, 0.4) is 0 Å². The Kier molecular flexibility index (Phi) is 4.66. The molecular formula is C14H11BrClFO2. The number of benzene rings is 2. The zero-order valence-electron chi connectivity index (χ0n) is 10.1. The first-order chi connectivity index (χ1) is 9.11. The lowest BCUT2D eigenvalue weighted by atomic mass is 10.2. The highest BCUT2D eigenvalue weighted by Gasteiger charge is 2.09. The Bertz CT molecular complexity index is 590. The van der Waals surface area contributed by atoms with Crippen LogP contribution in [-0.2, 0) is 6.61 Å². The van der Waals surface area contributed by atoms with E-state index in [1.807, 2.05) is 18.2 Å². The van der Waals surface area contributed by atoms with E-state index in [1.165, 1.54) is 12.1 Å². The minimum absolute atomic E-state index is 0.0405.